The molecule has 1 heterocycles. The molecule has 2 aromatic rings. The Morgan fingerprint density at radius 1 is 1.08 bits per heavy atom. The molecule has 1 saturated carbocycles. The van der Waals surface area contributed by atoms with E-state index in [-0.39, 0.29) is 17.8 Å². The number of amides is 1. The van der Waals surface area contributed by atoms with Crippen LogP contribution >= 0.6 is 0 Å². The molecular formula is C21H20FNO3. The third-order valence-corrected chi connectivity index (χ3v) is 5.17. The van der Waals surface area contributed by atoms with Gasteiger partial charge >= 0.3 is 5.97 Å². The topological polar surface area (TPSA) is 55.4 Å². The highest BCUT2D eigenvalue weighted by molar-refractivity contribution is 5.98. The summed E-state index contributed by atoms with van der Waals surface area (Å²) in [6.45, 7) is 0. The first-order valence-electron chi connectivity index (χ1n) is 9.00. The molecule has 1 aliphatic heterocycles. The minimum atomic E-state index is -0.469. The Hall–Kier alpha value is -2.69. The number of benzene rings is 2. The fourth-order valence-corrected chi connectivity index (χ4v) is 3.74. The van der Waals surface area contributed by atoms with Gasteiger partial charge in [-0.2, -0.15) is 0 Å². The second-order valence-corrected chi connectivity index (χ2v) is 6.98. The SMILES string of the molecule is O=C(NC1CCCC1)c1ccc2c(c1)C[C@H](c1ccc(F)cc1)OC2=O. The van der Waals surface area contributed by atoms with Crippen LogP contribution in [-0.4, -0.2) is 17.9 Å². The van der Waals surface area contributed by atoms with E-state index in [1.54, 1.807) is 30.3 Å². The zero-order valence-electron chi connectivity index (χ0n) is 14.3. The van der Waals surface area contributed by atoms with Crippen molar-refractivity contribution in [2.24, 2.45) is 0 Å². The summed E-state index contributed by atoms with van der Waals surface area (Å²) in [6.07, 6.45) is 4.35. The molecule has 2 aromatic carbocycles. The smallest absolute Gasteiger partial charge is 0.339 e. The number of halogens is 1. The maximum Gasteiger partial charge on any atom is 0.339 e. The van der Waals surface area contributed by atoms with Gasteiger partial charge in [-0.25, -0.2) is 9.18 Å². The maximum absolute atomic E-state index is 13.1. The van der Waals surface area contributed by atoms with Gasteiger partial charge in [0.2, 0.25) is 0 Å². The number of ether oxygens (including phenoxy) is 1. The van der Waals surface area contributed by atoms with Crippen molar-refractivity contribution in [2.45, 2.75) is 44.2 Å². The van der Waals surface area contributed by atoms with Gasteiger partial charge in [-0.1, -0.05) is 25.0 Å². The Morgan fingerprint density at radius 3 is 2.54 bits per heavy atom. The van der Waals surface area contributed by atoms with Crippen molar-refractivity contribution in [3.8, 4) is 0 Å². The monoisotopic (exact) mass is 353 g/mol. The molecule has 1 amide bonds. The number of hydrogen-bond donors (Lipinski definition) is 1. The summed E-state index contributed by atoms with van der Waals surface area (Å²) in [5.41, 5.74) is 2.57. The second kappa shape index (κ2) is 6.90. The summed E-state index contributed by atoms with van der Waals surface area (Å²) < 4.78 is 18.6. The lowest BCUT2D eigenvalue weighted by Crippen LogP contribution is -2.33. The van der Waals surface area contributed by atoms with Crippen LogP contribution in [-0.2, 0) is 11.2 Å². The van der Waals surface area contributed by atoms with Gasteiger partial charge in [-0.3, -0.25) is 4.79 Å². The third kappa shape index (κ3) is 3.34. The van der Waals surface area contributed by atoms with Crippen LogP contribution in [0, 0.1) is 5.82 Å². The van der Waals surface area contributed by atoms with Crippen LogP contribution in [0.3, 0.4) is 0 Å². The fourth-order valence-electron chi connectivity index (χ4n) is 3.74. The van der Waals surface area contributed by atoms with E-state index in [0.717, 1.165) is 36.8 Å². The summed E-state index contributed by atoms with van der Waals surface area (Å²) in [4.78, 5) is 24.8. The molecule has 1 aliphatic carbocycles. The van der Waals surface area contributed by atoms with Gasteiger partial charge in [0.25, 0.3) is 5.91 Å². The van der Waals surface area contributed by atoms with Gasteiger partial charge in [0, 0.05) is 18.0 Å². The number of rotatable bonds is 3. The number of fused-ring (bicyclic) bond motifs is 1. The molecule has 0 radical (unpaired) electrons. The normalized spacial score (nSPS) is 19.7. The average Bonchev–Trinajstić information content (AvgIpc) is 3.14. The number of hydrogen-bond acceptors (Lipinski definition) is 3. The molecule has 1 fully saturated rings. The van der Waals surface area contributed by atoms with Crippen LogP contribution in [0.4, 0.5) is 4.39 Å². The van der Waals surface area contributed by atoms with E-state index in [0.29, 0.717) is 17.5 Å². The van der Waals surface area contributed by atoms with Gasteiger partial charge in [0.1, 0.15) is 11.9 Å². The van der Waals surface area contributed by atoms with Crippen molar-refractivity contribution in [3.63, 3.8) is 0 Å². The highest BCUT2D eigenvalue weighted by Crippen LogP contribution is 2.31. The molecular weight excluding hydrogens is 333 g/mol. The zero-order valence-corrected chi connectivity index (χ0v) is 14.3. The van der Waals surface area contributed by atoms with Crippen LogP contribution in [0.1, 0.15) is 63.6 Å². The summed E-state index contributed by atoms with van der Waals surface area (Å²) in [5, 5.41) is 3.07. The van der Waals surface area contributed by atoms with E-state index in [2.05, 4.69) is 5.32 Å². The molecule has 0 spiro atoms. The van der Waals surface area contributed by atoms with Crippen LogP contribution < -0.4 is 5.32 Å². The quantitative estimate of drug-likeness (QED) is 0.850. The lowest BCUT2D eigenvalue weighted by molar-refractivity contribution is 0.0252. The molecule has 134 valence electrons. The van der Waals surface area contributed by atoms with Crippen LogP contribution in [0.5, 0.6) is 0 Å². The Bertz CT molecular complexity index is 841. The first-order valence-corrected chi connectivity index (χ1v) is 9.00. The van der Waals surface area contributed by atoms with E-state index in [1.165, 1.54) is 12.1 Å². The van der Waals surface area contributed by atoms with E-state index in [4.69, 9.17) is 4.74 Å². The van der Waals surface area contributed by atoms with Crippen LogP contribution in [0.15, 0.2) is 42.5 Å². The minimum absolute atomic E-state index is 0.100. The maximum atomic E-state index is 13.1. The molecule has 0 aromatic heterocycles. The molecule has 1 atom stereocenters. The molecule has 0 bridgehead atoms. The molecule has 26 heavy (non-hydrogen) atoms. The third-order valence-electron chi connectivity index (χ3n) is 5.17. The summed E-state index contributed by atoms with van der Waals surface area (Å²) >= 11 is 0. The predicted molar refractivity (Wildman–Crippen MR) is 94.4 cm³/mol. The predicted octanol–water partition coefficient (Wildman–Crippen LogP) is 3.95. The lowest BCUT2D eigenvalue weighted by Gasteiger charge is -2.25. The first-order chi connectivity index (χ1) is 12.6. The van der Waals surface area contributed by atoms with E-state index in [9.17, 15) is 14.0 Å². The summed E-state index contributed by atoms with van der Waals surface area (Å²) in [6, 6.07) is 11.3. The first kappa shape index (κ1) is 16.8. The van der Waals surface area contributed by atoms with Crippen LogP contribution in [0.25, 0.3) is 0 Å². The molecule has 5 heteroatoms. The number of carbonyl (C=O) groups excluding carboxylic acids is 2. The highest BCUT2D eigenvalue weighted by atomic mass is 19.1. The highest BCUT2D eigenvalue weighted by Gasteiger charge is 2.28. The van der Waals surface area contributed by atoms with Crippen LogP contribution in [0.2, 0.25) is 0 Å². The van der Waals surface area contributed by atoms with Crippen molar-refractivity contribution in [1.82, 2.24) is 5.32 Å². The Kier molecular flexibility index (Phi) is 4.45. The molecule has 4 rings (SSSR count). The van der Waals surface area contributed by atoms with Gasteiger partial charge in [-0.05, 0) is 54.3 Å². The van der Waals surface area contributed by atoms with E-state index >= 15 is 0 Å². The zero-order chi connectivity index (χ0) is 18.1. The Balaban J connectivity index is 1.56. The van der Waals surface area contributed by atoms with Crippen molar-refractivity contribution < 1.29 is 18.7 Å². The van der Waals surface area contributed by atoms with Crippen molar-refractivity contribution >= 4 is 11.9 Å². The van der Waals surface area contributed by atoms with Gasteiger partial charge < -0.3 is 10.1 Å². The molecule has 0 saturated heterocycles. The minimum Gasteiger partial charge on any atom is -0.454 e. The van der Waals surface area contributed by atoms with Crippen molar-refractivity contribution in [1.29, 1.82) is 0 Å². The van der Waals surface area contributed by atoms with E-state index < -0.39 is 12.1 Å². The average molecular weight is 353 g/mol. The standard InChI is InChI=1S/C21H20FNO3/c22-16-8-5-13(6-9-16)19-12-15-11-14(7-10-18(15)21(25)26-19)20(24)23-17-3-1-2-4-17/h5-11,17,19H,1-4,12H2,(H,23,24)/t19-/m1/s1. The molecule has 1 N–H and O–H groups in total. The Labute approximate surface area is 151 Å². The largest absolute Gasteiger partial charge is 0.454 e. The molecule has 0 unspecified atom stereocenters. The lowest BCUT2D eigenvalue weighted by atomic mass is 9.93. The number of esters is 1. The van der Waals surface area contributed by atoms with Gasteiger partial charge in [-0.15, -0.1) is 0 Å². The van der Waals surface area contributed by atoms with Crippen molar-refractivity contribution in [2.75, 3.05) is 0 Å². The Morgan fingerprint density at radius 2 is 1.81 bits per heavy atom. The second-order valence-electron chi connectivity index (χ2n) is 6.98. The van der Waals surface area contributed by atoms with Gasteiger partial charge in [0.15, 0.2) is 0 Å². The fraction of sp³-hybridized carbons (Fsp3) is 0.333. The molecule has 4 nitrogen and oxygen atoms in total. The van der Waals surface area contributed by atoms with E-state index in [1.807, 2.05) is 0 Å². The summed E-state index contributed by atoms with van der Waals surface area (Å²) in [7, 11) is 0. The molecule has 2 aliphatic rings. The van der Waals surface area contributed by atoms with Crippen molar-refractivity contribution in [3.05, 3.63) is 70.5 Å². The number of carbonyl (C=O) groups is 2. The summed E-state index contributed by atoms with van der Waals surface area (Å²) in [5.74, 6) is -0.845. The number of nitrogens with one attached hydrogen (secondary N) is 1. The van der Waals surface area contributed by atoms with Gasteiger partial charge in [0.05, 0.1) is 5.56 Å². The number of cyclic esters (lactones) is 1.